The highest BCUT2D eigenvalue weighted by Gasteiger charge is 2.21. The van der Waals surface area contributed by atoms with Gasteiger partial charge in [0.15, 0.2) is 5.13 Å². The number of anilines is 2. The van der Waals surface area contributed by atoms with Gasteiger partial charge >= 0.3 is 0 Å². The molecule has 0 spiro atoms. The van der Waals surface area contributed by atoms with Gasteiger partial charge in [0.1, 0.15) is 0 Å². The molecule has 1 fully saturated rings. The number of piperazine rings is 1. The number of nitrogens with one attached hydrogen (secondary N) is 1. The minimum atomic E-state index is -0.250. The van der Waals surface area contributed by atoms with Crippen molar-refractivity contribution < 1.29 is 9.59 Å². The first-order valence-corrected chi connectivity index (χ1v) is 10.0. The van der Waals surface area contributed by atoms with E-state index in [2.05, 4.69) is 26.7 Å². The zero-order valence-electron chi connectivity index (χ0n) is 16.0. The van der Waals surface area contributed by atoms with Gasteiger partial charge in [-0.05, 0) is 18.2 Å². The van der Waals surface area contributed by atoms with Crippen molar-refractivity contribution in [2.24, 2.45) is 0 Å². The van der Waals surface area contributed by atoms with Crippen LogP contribution in [0.1, 0.15) is 4.88 Å². The van der Waals surface area contributed by atoms with Crippen molar-refractivity contribution in [2.75, 3.05) is 50.0 Å². The molecule has 0 saturated carbocycles. The number of para-hydroxylation sites is 1. The van der Waals surface area contributed by atoms with E-state index in [9.17, 15) is 9.59 Å². The fourth-order valence-corrected chi connectivity index (χ4v) is 3.87. The number of likely N-dealkylation sites (N-methyl/N-ethyl adjacent to an activating group) is 1. The van der Waals surface area contributed by atoms with Crippen molar-refractivity contribution in [1.29, 1.82) is 0 Å². The van der Waals surface area contributed by atoms with Gasteiger partial charge in [0, 0.05) is 56.5 Å². The molecule has 8 heteroatoms. The highest BCUT2D eigenvalue weighted by molar-refractivity contribution is 7.15. The topological polar surface area (TPSA) is 68.8 Å². The second-order valence-electron chi connectivity index (χ2n) is 6.67. The molecule has 148 valence electrons. The lowest BCUT2D eigenvalue weighted by Gasteiger charge is -2.34. The maximum atomic E-state index is 12.5. The second kappa shape index (κ2) is 9.59. The van der Waals surface area contributed by atoms with E-state index >= 15 is 0 Å². The van der Waals surface area contributed by atoms with E-state index in [1.807, 2.05) is 37.4 Å². The molecule has 0 radical (unpaired) electrons. The normalized spacial score (nSPS) is 15.2. The summed E-state index contributed by atoms with van der Waals surface area (Å²) in [6.45, 7) is 8.17. The van der Waals surface area contributed by atoms with Crippen LogP contribution in [-0.4, -0.2) is 66.4 Å². The first-order chi connectivity index (χ1) is 13.5. The molecule has 3 rings (SSSR count). The SMILES string of the molecule is C=CC(=O)Nc1ncc(CN2CCN(CC(=O)N(C)c3ccccc3)CC2)s1. The zero-order valence-corrected chi connectivity index (χ0v) is 16.8. The number of nitrogens with zero attached hydrogens (tertiary/aromatic N) is 4. The van der Waals surface area contributed by atoms with Crippen molar-refractivity contribution in [3.63, 3.8) is 0 Å². The van der Waals surface area contributed by atoms with Crippen molar-refractivity contribution in [3.8, 4) is 0 Å². The summed E-state index contributed by atoms with van der Waals surface area (Å²) in [7, 11) is 1.82. The molecule has 2 amide bonds. The Bertz CT molecular complexity index is 815. The summed E-state index contributed by atoms with van der Waals surface area (Å²) in [6, 6.07) is 9.70. The third-order valence-electron chi connectivity index (χ3n) is 4.69. The first-order valence-electron chi connectivity index (χ1n) is 9.19. The highest BCUT2D eigenvalue weighted by atomic mass is 32.1. The Morgan fingerprint density at radius 1 is 1.21 bits per heavy atom. The molecule has 2 heterocycles. The van der Waals surface area contributed by atoms with Crippen molar-refractivity contribution in [1.82, 2.24) is 14.8 Å². The van der Waals surface area contributed by atoms with Crippen LogP contribution >= 0.6 is 11.3 Å². The Morgan fingerprint density at radius 2 is 1.89 bits per heavy atom. The average molecular weight is 400 g/mol. The molecule has 1 aromatic carbocycles. The number of amides is 2. The maximum absolute atomic E-state index is 12.5. The average Bonchev–Trinajstić information content (AvgIpc) is 3.16. The van der Waals surface area contributed by atoms with Crippen molar-refractivity contribution in [3.05, 3.63) is 54.1 Å². The number of benzene rings is 1. The quantitative estimate of drug-likeness (QED) is 0.722. The van der Waals surface area contributed by atoms with Crippen LogP contribution in [0.25, 0.3) is 0 Å². The Labute approximate surface area is 169 Å². The molecule has 0 atom stereocenters. The van der Waals surface area contributed by atoms with Crippen LogP contribution < -0.4 is 10.2 Å². The molecule has 0 unspecified atom stereocenters. The van der Waals surface area contributed by atoms with Gasteiger partial charge in [-0.2, -0.15) is 0 Å². The molecule has 7 nitrogen and oxygen atoms in total. The lowest BCUT2D eigenvalue weighted by molar-refractivity contribution is -0.120. The maximum Gasteiger partial charge on any atom is 0.249 e. The number of hydrogen-bond acceptors (Lipinski definition) is 6. The summed E-state index contributed by atoms with van der Waals surface area (Å²) in [6.07, 6.45) is 3.03. The summed E-state index contributed by atoms with van der Waals surface area (Å²) < 4.78 is 0. The van der Waals surface area contributed by atoms with Gasteiger partial charge in [-0.1, -0.05) is 24.8 Å². The summed E-state index contributed by atoms with van der Waals surface area (Å²) in [5.41, 5.74) is 0.913. The Balaban J connectivity index is 1.44. The summed E-state index contributed by atoms with van der Waals surface area (Å²) in [5.74, 6) is -0.149. The molecule has 28 heavy (non-hydrogen) atoms. The summed E-state index contributed by atoms with van der Waals surface area (Å²) in [5, 5.41) is 3.27. The van der Waals surface area contributed by atoms with E-state index in [0.29, 0.717) is 11.7 Å². The predicted molar refractivity (Wildman–Crippen MR) is 113 cm³/mol. The van der Waals surface area contributed by atoms with Gasteiger partial charge in [0.2, 0.25) is 11.8 Å². The smallest absolute Gasteiger partial charge is 0.249 e. The Morgan fingerprint density at radius 3 is 2.57 bits per heavy atom. The monoisotopic (exact) mass is 399 g/mol. The van der Waals surface area contributed by atoms with Crippen LogP contribution in [0, 0.1) is 0 Å². The summed E-state index contributed by atoms with van der Waals surface area (Å²) in [4.78, 5) is 35.4. The molecule has 2 aromatic rings. The van der Waals surface area contributed by atoms with Crippen LogP contribution in [0.3, 0.4) is 0 Å². The minimum absolute atomic E-state index is 0.102. The third-order valence-corrected chi connectivity index (χ3v) is 5.59. The fraction of sp³-hybridized carbons (Fsp3) is 0.350. The largest absolute Gasteiger partial charge is 0.314 e. The number of rotatable bonds is 7. The van der Waals surface area contributed by atoms with Gasteiger partial charge in [0.25, 0.3) is 0 Å². The molecule has 1 aliphatic rings. The van der Waals surface area contributed by atoms with Crippen LogP contribution in [0.15, 0.2) is 49.2 Å². The van der Waals surface area contributed by atoms with Gasteiger partial charge in [-0.15, -0.1) is 11.3 Å². The van der Waals surface area contributed by atoms with Gasteiger partial charge < -0.3 is 4.90 Å². The first kappa shape index (κ1) is 20.2. The fourth-order valence-electron chi connectivity index (χ4n) is 3.01. The number of carbonyl (C=O) groups is 2. The van der Waals surface area contributed by atoms with Crippen LogP contribution in [0.2, 0.25) is 0 Å². The van der Waals surface area contributed by atoms with Crippen LogP contribution in [-0.2, 0) is 16.1 Å². The number of aromatic nitrogens is 1. The Hall–Kier alpha value is -2.55. The third kappa shape index (κ3) is 5.48. The van der Waals surface area contributed by atoms with Gasteiger partial charge in [0.05, 0.1) is 6.54 Å². The molecule has 1 N–H and O–H groups in total. The van der Waals surface area contributed by atoms with E-state index in [-0.39, 0.29) is 11.8 Å². The van der Waals surface area contributed by atoms with Gasteiger partial charge in [-0.25, -0.2) is 4.98 Å². The predicted octanol–water partition coefficient (Wildman–Crippen LogP) is 2.05. The summed E-state index contributed by atoms with van der Waals surface area (Å²) >= 11 is 1.48. The minimum Gasteiger partial charge on any atom is -0.314 e. The molecular formula is C20H25N5O2S. The molecule has 1 saturated heterocycles. The lowest BCUT2D eigenvalue weighted by Crippen LogP contribution is -2.49. The van der Waals surface area contributed by atoms with Crippen LogP contribution in [0.4, 0.5) is 10.8 Å². The molecular weight excluding hydrogens is 374 g/mol. The lowest BCUT2D eigenvalue weighted by atomic mass is 10.2. The highest BCUT2D eigenvalue weighted by Crippen LogP contribution is 2.20. The van der Waals surface area contributed by atoms with Gasteiger partial charge in [-0.3, -0.25) is 24.7 Å². The molecule has 0 bridgehead atoms. The number of carbonyl (C=O) groups excluding carboxylic acids is 2. The molecule has 1 aliphatic heterocycles. The number of thiazole rings is 1. The molecule has 0 aliphatic carbocycles. The van der Waals surface area contributed by atoms with E-state index in [4.69, 9.17) is 0 Å². The van der Waals surface area contributed by atoms with E-state index < -0.39 is 0 Å². The standard InChI is InChI=1S/C20H25N5O2S/c1-3-18(26)22-20-21-13-17(28-20)14-24-9-11-25(12-10-24)15-19(27)23(2)16-7-5-4-6-8-16/h3-8,13H,1,9-12,14-15H2,2H3,(H,21,22,26). The van der Waals surface area contributed by atoms with E-state index in [1.165, 1.54) is 17.4 Å². The van der Waals surface area contributed by atoms with E-state index in [1.54, 1.807) is 11.1 Å². The van der Waals surface area contributed by atoms with Crippen molar-refractivity contribution >= 4 is 34.0 Å². The Kier molecular flexibility index (Phi) is 6.91. The van der Waals surface area contributed by atoms with Crippen LogP contribution in [0.5, 0.6) is 0 Å². The number of hydrogen-bond donors (Lipinski definition) is 1. The van der Waals surface area contributed by atoms with Crippen molar-refractivity contribution in [2.45, 2.75) is 6.54 Å². The van der Waals surface area contributed by atoms with E-state index in [0.717, 1.165) is 43.3 Å². The second-order valence-corrected chi connectivity index (χ2v) is 7.78. The molecule has 1 aromatic heterocycles. The zero-order chi connectivity index (χ0) is 19.9.